The van der Waals surface area contributed by atoms with E-state index in [1.54, 1.807) is 43.5 Å². The van der Waals surface area contributed by atoms with Crippen molar-refractivity contribution in [1.82, 2.24) is 14.1 Å². The number of hydrogen-bond acceptors (Lipinski definition) is 12. The summed E-state index contributed by atoms with van der Waals surface area (Å²) in [6.45, 7) is 7.03. The molecule has 0 unspecified atom stereocenters. The van der Waals surface area contributed by atoms with Crippen LogP contribution in [0.1, 0.15) is 29.5 Å². The van der Waals surface area contributed by atoms with Gasteiger partial charge in [0, 0.05) is 44.9 Å². The first-order chi connectivity index (χ1) is 25.5. The van der Waals surface area contributed by atoms with Gasteiger partial charge in [0.2, 0.25) is 5.75 Å². The predicted molar refractivity (Wildman–Crippen MR) is 200 cm³/mol. The first-order valence-corrected chi connectivity index (χ1v) is 18.5. The molecule has 3 aliphatic rings. The number of sulfonamides is 1. The molecular formula is C38H47N3O11S. The van der Waals surface area contributed by atoms with Crippen molar-refractivity contribution in [3.05, 3.63) is 76.7 Å². The highest BCUT2D eigenvalue weighted by Crippen LogP contribution is 2.38. The lowest BCUT2D eigenvalue weighted by Gasteiger charge is -2.26. The normalized spacial score (nSPS) is 16.5. The maximum Gasteiger partial charge on any atom is 0.259 e. The van der Waals surface area contributed by atoms with Gasteiger partial charge in [0.05, 0.1) is 47.1 Å². The van der Waals surface area contributed by atoms with E-state index in [-0.39, 0.29) is 18.4 Å². The van der Waals surface area contributed by atoms with E-state index in [9.17, 15) is 22.8 Å². The number of ether oxygens (including phenoxy) is 6. The van der Waals surface area contributed by atoms with E-state index in [0.717, 1.165) is 48.1 Å². The molecule has 5 rings (SSSR count). The molecule has 0 saturated carbocycles. The van der Waals surface area contributed by atoms with Gasteiger partial charge in [-0.1, -0.05) is 12.2 Å². The summed E-state index contributed by atoms with van der Waals surface area (Å²) in [5.74, 6) is 1.47. The van der Waals surface area contributed by atoms with Gasteiger partial charge in [-0.05, 0) is 78.9 Å². The second-order valence-electron chi connectivity index (χ2n) is 11.9. The van der Waals surface area contributed by atoms with Crippen molar-refractivity contribution in [3.63, 3.8) is 0 Å². The van der Waals surface area contributed by atoms with E-state index < -0.39 is 15.9 Å². The Bertz CT molecular complexity index is 1820. The van der Waals surface area contributed by atoms with Crippen LogP contribution in [0.25, 0.3) is 12.2 Å². The van der Waals surface area contributed by atoms with Crippen LogP contribution in [0.5, 0.6) is 28.7 Å². The summed E-state index contributed by atoms with van der Waals surface area (Å²) in [5, 5.41) is 1.05. The molecule has 3 amide bonds. The minimum absolute atomic E-state index is 0.153. The van der Waals surface area contributed by atoms with Gasteiger partial charge < -0.3 is 28.4 Å². The molecule has 15 heteroatoms. The summed E-state index contributed by atoms with van der Waals surface area (Å²) < 4.78 is 58.4. The van der Waals surface area contributed by atoms with Gasteiger partial charge in [0.15, 0.2) is 23.0 Å². The second kappa shape index (κ2) is 19.6. The molecule has 0 bridgehead atoms. The van der Waals surface area contributed by atoms with Crippen molar-refractivity contribution in [2.75, 3.05) is 81.0 Å². The minimum Gasteiger partial charge on any atom is -0.493 e. The van der Waals surface area contributed by atoms with Crippen molar-refractivity contribution in [2.24, 2.45) is 0 Å². The Hall–Kier alpha value is -5.12. The zero-order valence-electron chi connectivity index (χ0n) is 30.7. The fourth-order valence-corrected chi connectivity index (χ4v) is 6.77. The van der Waals surface area contributed by atoms with Gasteiger partial charge >= 0.3 is 0 Å². The van der Waals surface area contributed by atoms with Crippen LogP contribution in [0.2, 0.25) is 0 Å². The summed E-state index contributed by atoms with van der Waals surface area (Å²) in [4.78, 5) is 39.1. The highest BCUT2D eigenvalue weighted by atomic mass is 32.2. The third-order valence-corrected chi connectivity index (χ3v) is 9.86. The van der Waals surface area contributed by atoms with Crippen LogP contribution in [-0.2, 0) is 29.1 Å². The van der Waals surface area contributed by atoms with Gasteiger partial charge in [-0.3, -0.25) is 24.2 Å². The molecule has 0 aromatic heterocycles. The third kappa shape index (κ3) is 11.2. The summed E-state index contributed by atoms with van der Waals surface area (Å²) in [5.41, 5.74) is 2.19. The average Bonchev–Trinajstić information content (AvgIpc) is 3.17. The number of amides is 3. The van der Waals surface area contributed by atoms with Crippen molar-refractivity contribution in [3.8, 4) is 28.7 Å². The number of carbonyl (C=O) groups is 3. The number of aryl methyl sites for hydroxylation is 1. The van der Waals surface area contributed by atoms with Crippen molar-refractivity contribution in [2.45, 2.75) is 19.8 Å². The van der Waals surface area contributed by atoms with Crippen LogP contribution >= 0.6 is 0 Å². The third-order valence-electron chi connectivity index (χ3n) is 8.40. The number of carbonyl (C=O) groups excluding carboxylic acids is 3. The molecule has 53 heavy (non-hydrogen) atoms. The van der Waals surface area contributed by atoms with E-state index in [1.165, 1.54) is 50.5 Å². The Balaban J connectivity index is 0.000000245. The quantitative estimate of drug-likeness (QED) is 0.274. The minimum atomic E-state index is -3.84. The maximum atomic E-state index is 12.5. The highest BCUT2D eigenvalue weighted by molar-refractivity contribution is 7.92. The number of rotatable bonds is 13. The molecule has 0 spiro atoms. The molecule has 0 N–H and O–H groups in total. The van der Waals surface area contributed by atoms with Crippen LogP contribution in [0.3, 0.4) is 0 Å². The molecule has 1 fully saturated rings. The molecule has 3 heterocycles. The average molecular weight is 754 g/mol. The lowest BCUT2D eigenvalue weighted by atomic mass is 10.1. The molecule has 0 atom stereocenters. The molecule has 14 nitrogen and oxygen atoms in total. The molecule has 0 aliphatic carbocycles. The van der Waals surface area contributed by atoms with E-state index in [1.807, 2.05) is 13.0 Å². The SMILES string of the molecule is COc1cc(/C=C/C(=O)N2CCC=CC2=O)cc(OC)c1OC.COc1cc(/C=C/S(=O)(=O)N2CCC=CC2=O)cc(C)c1OCCN1CCOCC1. The topological polar surface area (TPSA) is 150 Å². The van der Waals surface area contributed by atoms with Crippen LogP contribution < -0.4 is 23.7 Å². The highest BCUT2D eigenvalue weighted by Gasteiger charge is 2.25. The van der Waals surface area contributed by atoms with Crippen LogP contribution in [0.4, 0.5) is 0 Å². The Morgan fingerprint density at radius 3 is 1.94 bits per heavy atom. The molecule has 2 aromatic carbocycles. The second-order valence-corrected chi connectivity index (χ2v) is 13.7. The fourth-order valence-electron chi connectivity index (χ4n) is 5.62. The number of benzene rings is 2. The van der Waals surface area contributed by atoms with Gasteiger partial charge in [0.1, 0.15) is 6.61 Å². The number of methoxy groups -OCH3 is 4. The summed E-state index contributed by atoms with van der Waals surface area (Å²) in [6, 6.07) is 7.00. The zero-order chi connectivity index (χ0) is 38.4. The lowest BCUT2D eigenvalue weighted by Crippen LogP contribution is -2.38. The molecule has 286 valence electrons. The van der Waals surface area contributed by atoms with Gasteiger partial charge in [-0.2, -0.15) is 0 Å². The Morgan fingerprint density at radius 1 is 0.774 bits per heavy atom. The van der Waals surface area contributed by atoms with Gasteiger partial charge in [-0.15, -0.1) is 0 Å². The lowest BCUT2D eigenvalue weighted by molar-refractivity contribution is -0.139. The summed E-state index contributed by atoms with van der Waals surface area (Å²) in [7, 11) is 2.28. The number of hydrogen-bond donors (Lipinski definition) is 0. The summed E-state index contributed by atoms with van der Waals surface area (Å²) in [6.07, 6.45) is 11.8. The van der Waals surface area contributed by atoms with Gasteiger partial charge in [0.25, 0.3) is 27.7 Å². The van der Waals surface area contributed by atoms with Gasteiger partial charge in [-0.25, -0.2) is 12.7 Å². The molecule has 3 aliphatic heterocycles. The van der Waals surface area contributed by atoms with Crippen molar-refractivity contribution < 1.29 is 51.2 Å². The number of morpholine rings is 1. The molecule has 0 radical (unpaired) electrons. The fraction of sp³-hybridized carbons (Fsp3) is 0.395. The largest absolute Gasteiger partial charge is 0.493 e. The number of nitrogens with zero attached hydrogens (tertiary/aromatic N) is 3. The van der Waals surface area contributed by atoms with E-state index in [2.05, 4.69) is 4.90 Å². The molecule has 1 saturated heterocycles. The van der Waals surface area contributed by atoms with Crippen LogP contribution in [-0.4, -0.2) is 121 Å². The standard InChI is InChI=1S/C21H28N2O6S.C17H19NO5/c1-17-15-18(6-14-30(25,26)23-7-4-3-5-20(23)24)16-19(27-2)21(17)29-13-10-22-8-11-28-12-9-22;1-21-13-10-12(11-14(22-2)17(13)23-3)7-8-16(20)18-9-5-4-6-15(18)19/h3,5-6,14-16H,4,7-13H2,1-2H3;4,6-8,10-11H,5,9H2,1-3H3/b14-6+;8-7+. The first-order valence-electron chi connectivity index (χ1n) is 17.0. The Kier molecular flexibility index (Phi) is 15.1. The summed E-state index contributed by atoms with van der Waals surface area (Å²) >= 11 is 0. The zero-order valence-corrected chi connectivity index (χ0v) is 31.6. The maximum absolute atomic E-state index is 12.5. The van der Waals surface area contributed by atoms with E-state index in [0.29, 0.717) is 65.9 Å². The molecular weight excluding hydrogens is 706 g/mol. The monoisotopic (exact) mass is 753 g/mol. The Morgan fingerprint density at radius 2 is 1.36 bits per heavy atom. The Labute approximate surface area is 310 Å². The van der Waals surface area contributed by atoms with Crippen molar-refractivity contribution in [1.29, 1.82) is 0 Å². The first kappa shape index (κ1) is 40.6. The molecule has 2 aromatic rings. The van der Waals surface area contributed by atoms with E-state index in [4.69, 9.17) is 28.4 Å². The van der Waals surface area contributed by atoms with Crippen LogP contribution in [0.15, 0.2) is 60.1 Å². The smallest absolute Gasteiger partial charge is 0.259 e. The van der Waals surface area contributed by atoms with E-state index >= 15 is 0 Å². The van der Waals surface area contributed by atoms with Crippen LogP contribution in [0, 0.1) is 6.92 Å². The number of imide groups is 1. The predicted octanol–water partition coefficient (Wildman–Crippen LogP) is 3.84. The van der Waals surface area contributed by atoms with Crippen molar-refractivity contribution >= 4 is 39.9 Å².